The van der Waals surface area contributed by atoms with Crippen molar-refractivity contribution < 1.29 is 33.2 Å². The number of methoxy groups -OCH3 is 1. The highest BCUT2D eigenvalue weighted by atomic mass is 32.2. The van der Waals surface area contributed by atoms with Crippen LogP contribution in [0.4, 0.5) is 28.4 Å². The summed E-state index contributed by atoms with van der Waals surface area (Å²) in [5.74, 6) is 3.16. The molecule has 0 aromatic heterocycles. The van der Waals surface area contributed by atoms with E-state index in [1.165, 1.54) is 5.56 Å². The molecule has 4 heterocycles. The summed E-state index contributed by atoms with van der Waals surface area (Å²) in [6.45, 7) is 7.24. The zero-order valence-electron chi connectivity index (χ0n) is 36.0. The first-order valence-electron chi connectivity index (χ1n) is 21.1. The van der Waals surface area contributed by atoms with Crippen molar-refractivity contribution in [1.29, 1.82) is 0 Å². The zero-order valence-corrected chi connectivity index (χ0v) is 36.8. The molecule has 0 saturated carbocycles. The Hall–Kier alpha value is -6.27. The normalized spacial score (nSPS) is 17.1. The maximum Gasteiger partial charge on any atom is 0.260 e. The number of fused-ring (bicyclic) bond motifs is 8. The van der Waals surface area contributed by atoms with E-state index in [-0.39, 0.29) is 43.0 Å². The van der Waals surface area contributed by atoms with E-state index in [0.717, 1.165) is 57.2 Å². The molecule has 9 rings (SSSR count). The molecule has 3 amide bonds. The molecule has 0 unspecified atom stereocenters. The molecular formula is C50H51N5O6S. The van der Waals surface area contributed by atoms with Crippen LogP contribution in [-0.2, 0) is 30.8 Å². The Bertz CT molecular complexity index is 2640. The summed E-state index contributed by atoms with van der Waals surface area (Å²) < 4.78 is 20.7. The van der Waals surface area contributed by atoms with E-state index in [9.17, 15) is 14.4 Å². The van der Waals surface area contributed by atoms with Gasteiger partial charge >= 0.3 is 0 Å². The number of amides is 3. The van der Waals surface area contributed by atoms with E-state index in [2.05, 4.69) is 37.5 Å². The molecule has 5 aromatic rings. The smallest absolute Gasteiger partial charge is 0.260 e. The van der Waals surface area contributed by atoms with E-state index in [4.69, 9.17) is 14.2 Å². The first kappa shape index (κ1) is 41.1. The molecule has 4 aliphatic heterocycles. The lowest BCUT2D eigenvalue weighted by molar-refractivity contribution is -0.401. The molecule has 1 N–H and O–H groups in total. The van der Waals surface area contributed by atoms with Crippen LogP contribution in [0.15, 0.2) is 91.0 Å². The molecule has 62 heavy (non-hydrogen) atoms. The number of rotatable bonds is 12. The third kappa shape index (κ3) is 7.76. The van der Waals surface area contributed by atoms with Crippen molar-refractivity contribution in [3.8, 4) is 17.2 Å². The summed E-state index contributed by atoms with van der Waals surface area (Å²) in [5.41, 5.74) is 9.93. The monoisotopic (exact) mass is 849 g/mol. The minimum Gasteiger partial charge on any atom is -0.493 e. The van der Waals surface area contributed by atoms with E-state index in [0.29, 0.717) is 58.7 Å². The van der Waals surface area contributed by atoms with Crippen LogP contribution in [-0.4, -0.2) is 79.9 Å². The van der Waals surface area contributed by atoms with Gasteiger partial charge < -0.3 is 38.8 Å². The number of para-hydroxylation sites is 2. The van der Waals surface area contributed by atoms with Crippen LogP contribution in [0.1, 0.15) is 62.4 Å². The lowest BCUT2D eigenvalue weighted by atomic mass is 10.1. The number of hydrogen-bond acceptors (Lipinski definition) is 8. The van der Waals surface area contributed by atoms with Crippen LogP contribution < -0.4 is 34.2 Å². The van der Waals surface area contributed by atoms with Gasteiger partial charge in [-0.2, -0.15) is 11.8 Å². The van der Waals surface area contributed by atoms with Crippen LogP contribution >= 0.6 is 11.8 Å². The van der Waals surface area contributed by atoms with Crippen molar-refractivity contribution in [3.63, 3.8) is 0 Å². The predicted molar refractivity (Wildman–Crippen MR) is 246 cm³/mol. The maximum atomic E-state index is 14.1. The fourth-order valence-electron chi connectivity index (χ4n) is 8.90. The van der Waals surface area contributed by atoms with Gasteiger partial charge in [0.15, 0.2) is 5.75 Å². The minimum absolute atomic E-state index is 0.00295. The second-order valence-corrected chi connectivity index (χ2v) is 17.9. The van der Waals surface area contributed by atoms with Crippen molar-refractivity contribution in [3.05, 3.63) is 130 Å². The fourth-order valence-corrected chi connectivity index (χ4v) is 9.86. The number of carbonyl (C=O) groups excluding carboxylic acids is 3. The number of aryl methyl sites for hydroxylation is 1. The standard InChI is InChI=1S/C50H51N5O6S/c1-30(2)28-62-29-48(56)53(5)36-17-32(26-60-45-22-41-39(15-31(45)3)49(57)54-37(24-51-41)19-34-11-7-9-13-42(34)54)16-33(18-36)27-61-47-23-44-40(21-46(47)59-6)50(58)55-38(25-52(44)4)20-35-12-8-10-14-43(35)55/h7-18,21-23,30,37-38,51H,19-20,24,26-29H2,1-6H3/t37-,38-/m0/s1. The third-order valence-corrected chi connectivity index (χ3v) is 13.4. The van der Waals surface area contributed by atoms with Gasteiger partial charge in [-0.15, -0.1) is 0 Å². The molecule has 0 spiro atoms. The number of hydrogen-bond donors (Lipinski definition) is 1. The molecule has 0 saturated heterocycles. The molecule has 11 nitrogen and oxygen atoms in total. The second-order valence-electron chi connectivity index (χ2n) is 16.9. The molecule has 0 bridgehead atoms. The van der Waals surface area contributed by atoms with Crippen molar-refractivity contribution in [2.75, 3.05) is 59.3 Å². The number of nitrogens with one attached hydrogen (secondary N) is 1. The van der Waals surface area contributed by atoms with E-state index in [1.807, 2.05) is 101 Å². The van der Waals surface area contributed by atoms with Gasteiger partial charge in [0.25, 0.3) is 5.91 Å². The summed E-state index contributed by atoms with van der Waals surface area (Å²) in [6.07, 6.45) is 5.00. The number of benzene rings is 5. The SMILES string of the molecule is COc1cc2c(cc1OCc1cc(COc3cc4c(cc3C)C(=O)N3c5ccccc5C[C@H]3CN4)cc(N(C)C(=O)CSCC(C)C)c1)[N+](C)=[C-][C@@H]1Cc3ccccc3N1C2=O. The van der Waals surface area contributed by atoms with E-state index >= 15 is 0 Å². The Balaban J connectivity index is 0.978. The van der Waals surface area contributed by atoms with Crippen LogP contribution in [0.2, 0.25) is 0 Å². The molecule has 318 valence electrons. The number of ether oxygens (including phenoxy) is 3. The highest BCUT2D eigenvalue weighted by Crippen LogP contribution is 2.42. The van der Waals surface area contributed by atoms with Gasteiger partial charge in [-0.1, -0.05) is 50.2 Å². The molecule has 12 heteroatoms. The predicted octanol–water partition coefficient (Wildman–Crippen LogP) is 8.32. The molecular weight excluding hydrogens is 799 g/mol. The molecule has 0 radical (unpaired) electrons. The number of nitrogens with zero attached hydrogens (tertiary/aromatic N) is 4. The topological polar surface area (TPSA) is 104 Å². The molecule has 0 aliphatic carbocycles. The Labute approximate surface area is 367 Å². The Kier molecular flexibility index (Phi) is 11.2. The van der Waals surface area contributed by atoms with E-state index < -0.39 is 0 Å². The third-order valence-electron chi connectivity index (χ3n) is 12.0. The average Bonchev–Trinajstić information content (AvgIpc) is 3.77. The highest BCUT2D eigenvalue weighted by Gasteiger charge is 2.38. The Morgan fingerprint density at radius 1 is 0.855 bits per heavy atom. The second kappa shape index (κ2) is 16.9. The van der Waals surface area contributed by atoms with Gasteiger partial charge in [0, 0.05) is 54.5 Å². The van der Waals surface area contributed by atoms with Crippen LogP contribution in [0, 0.1) is 12.8 Å². The summed E-state index contributed by atoms with van der Waals surface area (Å²) in [6, 6.07) is 29.3. The summed E-state index contributed by atoms with van der Waals surface area (Å²) in [5, 5.41) is 3.54. The number of carbonyl (C=O) groups is 3. The van der Waals surface area contributed by atoms with Gasteiger partial charge in [-0.05, 0) is 108 Å². The number of thioether (sulfide) groups is 1. The summed E-state index contributed by atoms with van der Waals surface area (Å²) in [7, 11) is 5.27. The van der Waals surface area contributed by atoms with Gasteiger partial charge in [0.2, 0.25) is 11.8 Å². The van der Waals surface area contributed by atoms with Crippen molar-refractivity contribution in [1.82, 2.24) is 0 Å². The maximum absolute atomic E-state index is 14.1. The van der Waals surface area contributed by atoms with Crippen molar-refractivity contribution in [2.24, 2.45) is 5.92 Å². The van der Waals surface area contributed by atoms with Gasteiger partial charge in [-0.25, -0.2) is 0 Å². The Morgan fingerprint density at radius 3 is 2.23 bits per heavy atom. The van der Waals surface area contributed by atoms with Crippen LogP contribution in [0.3, 0.4) is 0 Å². The highest BCUT2D eigenvalue weighted by molar-refractivity contribution is 7.99. The average molecular weight is 850 g/mol. The lowest BCUT2D eigenvalue weighted by Gasteiger charge is -2.23. The van der Waals surface area contributed by atoms with Crippen LogP contribution in [0.25, 0.3) is 0 Å². The molecule has 0 fully saturated rings. The van der Waals surface area contributed by atoms with Crippen LogP contribution in [0.5, 0.6) is 17.2 Å². The first-order valence-corrected chi connectivity index (χ1v) is 22.3. The zero-order chi connectivity index (χ0) is 43.2. The van der Waals surface area contributed by atoms with Gasteiger partial charge in [0.05, 0.1) is 35.8 Å². The Morgan fingerprint density at radius 2 is 1.52 bits per heavy atom. The quantitative estimate of drug-likeness (QED) is 0.0989. The molecule has 5 aromatic carbocycles. The summed E-state index contributed by atoms with van der Waals surface area (Å²) in [4.78, 5) is 47.0. The van der Waals surface area contributed by atoms with Gasteiger partial charge in [-0.3, -0.25) is 14.4 Å². The summed E-state index contributed by atoms with van der Waals surface area (Å²) >= 11 is 1.63. The number of anilines is 4. The molecule has 2 atom stereocenters. The molecule has 4 aliphatic rings. The first-order chi connectivity index (χ1) is 30.0. The van der Waals surface area contributed by atoms with Gasteiger partial charge in [0.1, 0.15) is 31.8 Å². The minimum atomic E-state index is -0.233. The van der Waals surface area contributed by atoms with E-state index in [1.54, 1.807) is 36.9 Å². The van der Waals surface area contributed by atoms with Crippen molar-refractivity contribution >= 4 is 64.1 Å². The fraction of sp³-hybridized carbons (Fsp3) is 0.320. The van der Waals surface area contributed by atoms with Crippen molar-refractivity contribution in [2.45, 2.75) is 58.9 Å². The largest absolute Gasteiger partial charge is 0.493 e. The lowest BCUT2D eigenvalue weighted by Crippen LogP contribution is -2.39.